The summed E-state index contributed by atoms with van der Waals surface area (Å²) in [6.07, 6.45) is 0.417. The zero-order valence-corrected chi connectivity index (χ0v) is 27.1. The van der Waals surface area contributed by atoms with Crippen LogP contribution in [0.4, 0.5) is 0 Å². The number of aryl methyl sites for hydroxylation is 1. The number of carbonyl (C=O) groups excluding carboxylic acids is 1. The van der Waals surface area contributed by atoms with Gasteiger partial charge in [0, 0.05) is 22.0 Å². The summed E-state index contributed by atoms with van der Waals surface area (Å²) in [6, 6.07) is 14.0. The van der Waals surface area contributed by atoms with Crippen molar-refractivity contribution in [2.45, 2.75) is 64.7 Å². The minimum atomic E-state index is -4.58. The molecule has 3 aromatic carbocycles. The highest BCUT2D eigenvalue weighted by molar-refractivity contribution is 9.10. The number of ketones is 1. The third kappa shape index (κ3) is 6.70. The molecule has 0 fully saturated rings. The fourth-order valence-corrected chi connectivity index (χ4v) is 6.14. The van der Waals surface area contributed by atoms with Crippen molar-refractivity contribution in [2.75, 3.05) is 0 Å². The highest BCUT2D eigenvalue weighted by atomic mass is 79.9. The van der Waals surface area contributed by atoms with Gasteiger partial charge in [0.25, 0.3) is 0 Å². The number of carboxylic acid groups (broad SMARTS) is 1. The fraction of sp³-hybridized carbons (Fsp3) is 0.273. The van der Waals surface area contributed by atoms with Gasteiger partial charge in [-0.2, -0.15) is 8.42 Å². The number of benzene rings is 3. The molecule has 2 N–H and O–H groups in total. The molecule has 0 aliphatic carbocycles. The van der Waals surface area contributed by atoms with E-state index in [2.05, 4.69) is 15.9 Å². The lowest BCUT2D eigenvalue weighted by molar-refractivity contribution is 0.0696. The summed E-state index contributed by atoms with van der Waals surface area (Å²) in [5.41, 5.74) is 3.26. The molecule has 0 unspecified atom stereocenters. The van der Waals surface area contributed by atoms with E-state index >= 15 is 0 Å². The lowest BCUT2D eigenvalue weighted by Crippen LogP contribution is -2.15. The third-order valence-corrected chi connectivity index (χ3v) is 9.08. The first-order valence-corrected chi connectivity index (χ1v) is 15.9. The van der Waals surface area contributed by atoms with Crippen molar-refractivity contribution in [3.05, 3.63) is 110 Å². The third-order valence-electron chi connectivity index (χ3n) is 7.28. The van der Waals surface area contributed by atoms with Gasteiger partial charge in [-0.1, -0.05) is 55.8 Å². The second kappa shape index (κ2) is 12.4. The van der Waals surface area contributed by atoms with Gasteiger partial charge in [-0.3, -0.25) is 4.79 Å². The van der Waals surface area contributed by atoms with Crippen molar-refractivity contribution < 1.29 is 36.8 Å². The van der Waals surface area contributed by atoms with Crippen molar-refractivity contribution in [3.8, 4) is 11.5 Å². The Morgan fingerprint density at radius 2 is 1.49 bits per heavy atom. The van der Waals surface area contributed by atoms with E-state index in [-0.39, 0.29) is 28.9 Å². The van der Waals surface area contributed by atoms with Crippen molar-refractivity contribution in [1.82, 2.24) is 0 Å². The molecule has 0 radical (unpaired) electrons. The van der Waals surface area contributed by atoms with Gasteiger partial charge in [-0.25, -0.2) is 4.79 Å². The van der Waals surface area contributed by atoms with Crippen molar-refractivity contribution in [3.63, 3.8) is 0 Å². The predicted molar refractivity (Wildman–Crippen MR) is 166 cm³/mol. The number of aromatic hydroxyl groups is 1. The average Bonchev–Trinajstić information content (AvgIpc) is 3.20. The van der Waals surface area contributed by atoms with E-state index in [1.807, 2.05) is 65.8 Å². The molecule has 0 spiro atoms. The quantitative estimate of drug-likeness (QED) is 0.129. The Labute approximate surface area is 259 Å². The van der Waals surface area contributed by atoms with E-state index in [1.165, 1.54) is 0 Å². The predicted octanol–water partition coefficient (Wildman–Crippen LogP) is 7.90. The molecule has 4 rings (SSSR count). The molecule has 0 saturated carbocycles. The Hall–Kier alpha value is -3.89. The molecule has 0 saturated heterocycles. The minimum Gasteiger partial charge on any atom is -0.506 e. The summed E-state index contributed by atoms with van der Waals surface area (Å²) in [4.78, 5) is 24.8. The molecule has 0 amide bonds. The van der Waals surface area contributed by atoms with Gasteiger partial charge in [-0.05, 0) is 84.8 Å². The number of hydrogen-bond acceptors (Lipinski definition) is 7. The van der Waals surface area contributed by atoms with E-state index in [0.29, 0.717) is 40.2 Å². The molecule has 1 aromatic heterocycles. The molecule has 43 heavy (non-hydrogen) atoms. The largest absolute Gasteiger partial charge is 0.506 e. The second-order valence-electron chi connectivity index (χ2n) is 11.0. The van der Waals surface area contributed by atoms with Gasteiger partial charge in [0.15, 0.2) is 5.78 Å². The van der Waals surface area contributed by atoms with Crippen LogP contribution in [0.1, 0.15) is 99.6 Å². The normalized spacial score (nSPS) is 11.7. The van der Waals surface area contributed by atoms with E-state index in [9.17, 15) is 28.2 Å². The van der Waals surface area contributed by atoms with Crippen LogP contribution in [-0.2, 0) is 16.5 Å². The number of halogens is 1. The number of hydrogen-bond donors (Lipinski definition) is 2. The molecular formula is C33H33BrO8S. The van der Waals surface area contributed by atoms with Crippen LogP contribution in [0.15, 0.2) is 68.4 Å². The summed E-state index contributed by atoms with van der Waals surface area (Å²) >= 11 is 3.44. The van der Waals surface area contributed by atoms with E-state index in [1.54, 1.807) is 12.1 Å². The zero-order chi connectivity index (χ0) is 31.8. The maximum absolute atomic E-state index is 14.1. The van der Waals surface area contributed by atoms with E-state index in [4.69, 9.17) is 8.60 Å². The van der Waals surface area contributed by atoms with Gasteiger partial charge >= 0.3 is 16.1 Å². The lowest BCUT2D eigenvalue weighted by atomic mass is 9.88. The summed E-state index contributed by atoms with van der Waals surface area (Å²) in [6.45, 7) is 11.1. The minimum absolute atomic E-state index is 0.0680. The first-order chi connectivity index (χ1) is 20.1. The molecule has 0 atom stereocenters. The van der Waals surface area contributed by atoms with Crippen LogP contribution in [0.25, 0.3) is 0 Å². The van der Waals surface area contributed by atoms with Gasteiger partial charge in [0.2, 0.25) is 0 Å². The standard InChI is InChI=1S/C33H33BrO8S/c1-17(2)25-14-23(31(36)30-19(5)20(6)41-28(30)13-21-7-10-24(34)11-8-21)15-26(18(3)4)32(25)42-43(39,40)29-12-9-22(33(37)38)16-27(29)35/h7-12,14-18,35H,13H2,1-6H3,(H,37,38). The molecular weight excluding hydrogens is 636 g/mol. The smallest absolute Gasteiger partial charge is 0.342 e. The number of furan rings is 1. The summed E-state index contributed by atoms with van der Waals surface area (Å²) in [5.74, 6) is -1.53. The van der Waals surface area contributed by atoms with Gasteiger partial charge in [-0.15, -0.1) is 0 Å². The zero-order valence-electron chi connectivity index (χ0n) is 24.7. The summed E-state index contributed by atoms with van der Waals surface area (Å²) in [5, 5.41) is 19.5. The number of phenolic OH excluding ortho intramolecular Hbond substituents is 1. The van der Waals surface area contributed by atoms with Crippen molar-refractivity contribution >= 4 is 37.8 Å². The molecule has 0 aliphatic rings. The van der Waals surface area contributed by atoms with Crippen LogP contribution in [0, 0.1) is 13.8 Å². The monoisotopic (exact) mass is 668 g/mol. The Kier molecular flexibility index (Phi) is 9.22. The number of phenols is 1. The maximum atomic E-state index is 14.1. The van der Waals surface area contributed by atoms with Crippen LogP contribution < -0.4 is 4.18 Å². The van der Waals surface area contributed by atoms with Crippen LogP contribution in [0.2, 0.25) is 0 Å². The molecule has 0 bridgehead atoms. The second-order valence-corrected chi connectivity index (χ2v) is 13.5. The average molecular weight is 670 g/mol. The summed E-state index contributed by atoms with van der Waals surface area (Å²) < 4.78 is 39.4. The van der Waals surface area contributed by atoms with Crippen LogP contribution in [0.3, 0.4) is 0 Å². The number of aromatic carboxylic acids is 1. The van der Waals surface area contributed by atoms with Crippen LogP contribution in [0.5, 0.6) is 11.5 Å². The van der Waals surface area contributed by atoms with Crippen LogP contribution >= 0.6 is 15.9 Å². The van der Waals surface area contributed by atoms with Crippen molar-refractivity contribution in [1.29, 1.82) is 0 Å². The van der Waals surface area contributed by atoms with Gasteiger partial charge < -0.3 is 18.8 Å². The Morgan fingerprint density at radius 1 is 0.907 bits per heavy atom. The Morgan fingerprint density at radius 3 is 2.00 bits per heavy atom. The topological polar surface area (TPSA) is 131 Å². The van der Waals surface area contributed by atoms with Gasteiger partial charge in [0.05, 0.1) is 11.1 Å². The van der Waals surface area contributed by atoms with E-state index in [0.717, 1.165) is 33.8 Å². The number of carboxylic acids is 1. The Bertz CT molecular complexity index is 1790. The van der Waals surface area contributed by atoms with Gasteiger partial charge in [0.1, 0.15) is 27.9 Å². The van der Waals surface area contributed by atoms with Crippen LogP contribution in [-0.4, -0.2) is 30.4 Å². The molecule has 8 nitrogen and oxygen atoms in total. The highest BCUT2D eigenvalue weighted by Crippen LogP contribution is 2.40. The van der Waals surface area contributed by atoms with E-state index < -0.39 is 26.7 Å². The molecule has 4 aromatic rings. The maximum Gasteiger partial charge on any atom is 0.342 e. The molecule has 1 heterocycles. The molecule has 226 valence electrons. The summed E-state index contributed by atoms with van der Waals surface area (Å²) in [7, 11) is -4.58. The first-order valence-electron chi connectivity index (χ1n) is 13.7. The first kappa shape index (κ1) is 32.0. The SMILES string of the molecule is Cc1oc(Cc2ccc(Br)cc2)c(C(=O)c2cc(C(C)C)c(OS(=O)(=O)c3ccc(C(=O)O)cc3O)c(C(C)C)c2)c1C. The lowest BCUT2D eigenvalue weighted by Gasteiger charge is -2.21. The highest BCUT2D eigenvalue weighted by Gasteiger charge is 2.30. The number of rotatable bonds is 10. The number of carbonyl (C=O) groups is 2. The Balaban J connectivity index is 1.81. The molecule has 0 aliphatic heterocycles. The molecule has 10 heteroatoms. The van der Waals surface area contributed by atoms with Crippen molar-refractivity contribution in [2.24, 2.45) is 0 Å². The fourth-order valence-electron chi connectivity index (χ4n) is 4.83.